The van der Waals surface area contributed by atoms with Crippen LogP contribution in [0.25, 0.3) is 10.9 Å². The Balaban J connectivity index is 1.37. The summed E-state index contributed by atoms with van der Waals surface area (Å²) in [5.41, 5.74) is 1.37. The fourth-order valence-electron chi connectivity index (χ4n) is 3.58. The van der Waals surface area contributed by atoms with Gasteiger partial charge >= 0.3 is 5.97 Å². The highest BCUT2D eigenvalue weighted by molar-refractivity contribution is 7.89. The van der Waals surface area contributed by atoms with Crippen molar-refractivity contribution in [2.24, 2.45) is 0 Å². The van der Waals surface area contributed by atoms with Gasteiger partial charge in [0.05, 0.1) is 4.90 Å². The number of esters is 1. The number of aromatic amines is 1. The number of para-hydroxylation sites is 1. The minimum absolute atomic E-state index is 0.127. The number of nitrogens with zero attached hydrogens (tertiary/aromatic N) is 1. The quantitative estimate of drug-likeness (QED) is 0.571. The van der Waals surface area contributed by atoms with Gasteiger partial charge in [-0.05, 0) is 43.2 Å². The normalized spacial score (nSPS) is 15.0. The Labute approximate surface area is 180 Å². The van der Waals surface area contributed by atoms with E-state index in [-0.39, 0.29) is 10.6 Å². The summed E-state index contributed by atoms with van der Waals surface area (Å²) in [5, 5.41) is 3.45. The molecular weight excluding hydrogens is 418 g/mol. The number of hydrogen-bond acceptors (Lipinski definition) is 5. The Morgan fingerprint density at radius 3 is 2.55 bits per heavy atom. The largest absolute Gasteiger partial charge is 0.451 e. The molecule has 1 aromatic heterocycles. The molecule has 3 aromatic rings. The summed E-state index contributed by atoms with van der Waals surface area (Å²) in [6.45, 7) is 0.516. The van der Waals surface area contributed by atoms with E-state index < -0.39 is 28.5 Å². The number of rotatable bonds is 6. The van der Waals surface area contributed by atoms with Gasteiger partial charge in [0.2, 0.25) is 10.0 Å². The summed E-state index contributed by atoms with van der Waals surface area (Å²) >= 11 is 0. The molecule has 4 rings (SSSR count). The zero-order chi connectivity index (χ0) is 21.8. The maximum absolute atomic E-state index is 12.8. The number of fused-ring (bicyclic) bond motifs is 1. The number of carbonyl (C=O) groups excluding carboxylic acids is 2. The first-order valence-electron chi connectivity index (χ1n) is 10.1. The van der Waals surface area contributed by atoms with Crippen LogP contribution in [0.5, 0.6) is 0 Å². The number of aromatic nitrogens is 1. The van der Waals surface area contributed by atoms with Crippen LogP contribution >= 0.6 is 0 Å². The molecule has 1 aliphatic heterocycles. The second-order valence-electron chi connectivity index (χ2n) is 7.39. The van der Waals surface area contributed by atoms with Crippen LogP contribution in [-0.4, -0.2) is 49.3 Å². The molecule has 2 N–H and O–H groups in total. The molecule has 2 aromatic carbocycles. The summed E-state index contributed by atoms with van der Waals surface area (Å²) < 4.78 is 32.2. The van der Waals surface area contributed by atoms with Crippen molar-refractivity contribution in [2.75, 3.05) is 25.0 Å². The lowest BCUT2D eigenvalue weighted by Crippen LogP contribution is -2.35. The van der Waals surface area contributed by atoms with Crippen molar-refractivity contribution in [3.63, 3.8) is 0 Å². The minimum atomic E-state index is -3.60. The van der Waals surface area contributed by atoms with Crippen LogP contribution in [0, 0.1) is 0 Å². The molecule has 0 radical (unpaired) electrons. The van der Waals surface area contributed by atoms with E-state index in [1.807, 2.05) is 24.3 Å². The van der Waals surface area contributed by atoms with Crippen molar-refractivity contribution in [3.8, 4) is 0 Å². The zero-order valence-corrected chi connectivity index (χ0v) is 17.7. The third kappa shape index (κ3) is 4.78. The molecule has 0 atom stereocenters. The maximum atomic E-state index is 12.8. The van der Waals surface area contributed by atoms with Gasteiger partial charge in [-0.2, -0.15) is 4.31 Å². The van der Waals surface area contributed by atoms with E-state index in [4.69, 9.17) is 4.74 Å². The molecule has 1 amide bonds. The summed E-state index contributed by atoms with van der Waals surface area (Å²) in [5.74, 6) is -1.20. The van der Waals surface area contributed by atoms with Crippen LogP contribution in [0.4, 0.5) is 5.69 Å². The lowest BCUT2D eigenvalue weighted by molar-refractivity contribution is -0.119. The van der Waals surface area contributed by atoms with Gasteiger partial charge in [-0.3, -0.25) is 4.79 Å². The third-order valence-corrected chi connectivity index (χ3v) is 7.05. The van der Waals surface area contributed by atoms with Gasteiger partial charge in [0, 0.05) is 29.7 Å². The molecule has 31 heavy (non-hydrogen) atoms. The predicted molar refractivity (Wildman–Crippen MR) is 116 cm³/mol. The van der Waals surface area contributed by atoms with Crippen molar-refractivity contribution < 1.29 is 22.7 Å². The Morgan fingerprint density at radius 2 is 1.77 bits per heavy atom. The van der Waals surface area contributed by atoms with Crippen LogP contribution in [0.1, 0.15) is 29.8 Å². The Bertz CT molecular complexity index is 1180. The lowest BCUT2D eigenvalue weighted by atomic mass is 10.2. The van der Waals surface area contributed by atoms with Crippen LogP contribution in [0.3, 0.4) is 0 Å². The molecule has 2 heterocycles. The Kier molecular flexibility index (Phi) is 6.06. The SMILES string of the molecule is O=C(COC(=O)c1cc2ccccc2[nH]1)Nc1cccc(S(=O)(=O)N2CCCCC2)c1. The first kappa shape index (κ1) is 21.1. The van der Waals surface area contributed by atoms with Crippen LogP contribution in [-0.2, 0) is 19.6 Å². The molecule has 8 nitrogen and oxygen atoms in total. The monoisotopic (exact) mass is 441 g/mol. The summed E-state index contributed by atoms with van der Waals surface area (Å²) in [4.78, 5) is 27.5. The van der Waals surface area contributed by atoms with E-state index in [0.29, 0.717) is 18.8 Å². The number of ether oxygens (including phenoxy) is 1. The lowest BCUT2D eigenvalue weighted by Gasteiger charge is -2.26. The van der Waals surface area contributed by atoms with Gasteiger partial charge in [-0.25, -0.2) is 13.2 Å². The summed E-state index contributed by atoms with van der Waals surface area (Å²) in [7, 11) is -3.60. The second-order valence-corrected chi connectivity index (χ2v) is 9.33. The first-order chi connectivity index (χ1) is 14.9. The number of benzene rings is 2. The Morgan fingerprint density at radius 1 is 1.00 bits per heavy atom. The predicted octanol–water partition coefficient (Wildman–Crippen LogP) is 3.14. The number of hydrogen-bond donors (Lipinski definition) is 2. The smallest absolute Gasteiger partial charge is 0.355 e. The molecule has 1 aliphatic rings. The van der Waals surface area contributed by atoms with E-state index >= 15 is 0 Å². The molecule has 0 saturated carbocycles. The van der Waals surface area contributed by atoms with E-state index in [2.05, 4.69) is 10.3 Å². The molecule has 9 heteroatoms. The third-order valence-electron chi connectivity index (χ3n) is 5.15. The molecule has 0 spiro atoms. The van der Waals surface area contributed by atoms with Gasteiger partial charge in [0.15, 0.2) is 6.61 Å². The topological polar surface area (TPSA) is 109 Å². The van der Waals surface area contributed by atoms with E-state index in [1.54, 1.807) is 18.2 Å². The van der Waals surface area contributed by atoms with Crippen molar-refractivity contribution in [2.45, 2.75) is 24.2 Å². The Hall–Kier alpha value is -3.17. The molecule has 0 unspecified atom stereocenters. The fourth-order valence-corrected chi connectivity index (χ4v) is 5.14. The van der Waals surface area contributed by atoms with Crippen molar-refractivity contribution >= 4 is 38.5 Å². The minimum Gasteiger partial charge on any atom is -0.451 e. The van der Waals surface area contributed by atoms with Crippen LogP contribution in [0.15, 0.2) is 59.5 Å². The molecular formula is C22H23N3O5S. The summed E-state index contributed by atoms with van der Waals surface area (Å²) in [6, 6.07) is 15.2. The molecule has 1 saturated heterocycles. The number of carbonyl (C=O) groups is 2. The average molecular weight is 442 g/mol. The van der Waals surface area contributed by atoms with Gasteiger partial charge in [-0.1, -0.05) is 30.7 Å². The van der Waals surface area contributed by atoms with Crippen LogP contribution in [0.2, 0.25) is 0 Å². The number of piperidine rings is 1. The zero-order valence-electron chi connectivity index (χ0n) is 16.8. The number of sulfonamides is 1. The standard InChI is InChI=1S/C22H23N3O5S/c26-21(15-30-22(27)20-13-16-7-2-3-10-19(16)24-20)23-17-8-6-9-18(14-17)31(28,29)25-11-4-1-5-12-25/h2-3,6-10,13-14,24H,1,4-5,11-12,15H2,(H,23,26). The van der Waals surface area contributed by atoms with Gasteiger partial charge in [0.1, 0.15) is 5.69 Å². The highest BCUT2D eigenvalue weighted by atomic mass is 32.2. The number of amides is 1. The second kappa shape index (κ2) is 8.91. The van der Waals surface area contributed by atoms with E-state index in [9.17, 15) is 18.0 Å². The number of nitrogens with one attached hydrogen (secondary N) is 2. The molecule has 0 aliphatic carbocycles. The number of H-pyrrole nitrogens is 1. The van der Waals surface area contributed by atoms with Gasteiger partial charge in [0.25, 0.3) is 5.91 Å². The van der Waals surface area contributed by atoms with E-state index in [0.717, 1.165) is 30.2 Å². The number of anilines is 1. The average Bonchev–Trinajstić information content (AvgIpc) is 3.23. The van der Waals surface area contributed by atoms with Crippen molar-refractivity contribution in [1.82, 2.24) is 9.29 Å². The van der Waals surface area contributed by atoms with Gasteiger partial charge in [-0.15, -0.1) is 0 Å². The molecule has 1 fully saturated rings. The first-order valence-corrected chi connectivity index (χ1v) is 11.5. The van der Waals surface area contributed by atoms with Crippen molar-refractivity contribution in [3.05, 3.63) is 60.3 Å². The highest BCUT2D eigenvalue weighted by Gasteiger charge is 2.26. The highest BCUT2D eigenvalue weighted by Crippen LogP contribution is 2.23. The van der Waals surface area contributed by atoms with Crippen molar-refractivity contribution in [1.29, 1.82) is 0 Å². The van der Waals surface area contributed by atoms with Gasteiger partial charge < -0.3 is 15.0 Å². The molecule has 0 bridgehead atoms. The fraction of sp³-hybridized carbons (Fsp3) is 0.273. The van der Waals surface area contributed by atoms with E-state index in [1.165, 1.54) is 16.4 Å². The maximum Gasteiger partial charge on any atom is 0.355 e. The summed E-state index contributed by atoms with van der Waals surface area (Å²) in [6.07, 6.45) is 2.72. The van der Waals surface area contributed by atoms with Crippen LogP contribution < -0.4 is 5.32 Å². The molecule has 162 valence electrons.